The van der Waals surface area contributed by atoms with Crippen molar-refractivity contribution in [1.29, 1.82) is 0 Å². The van der Waals surface area contributed by atoms with Gasteiger partial charge in [0.15, 0.2) is 11.5 Å². The molecule has 0 fully saturated rings. The number of hydrogen-bond donors (Lipinski definition) is 2. The molecule has 1 amide bonds. The summed E-state index contributed by atoms with van der Waals surface area (Å²) in [6, 6.07) is 13.9. The molecule has 2 aromatic carbocycles. The fourth-order valence-electron chi connectivity index (χ4n) is 3.12. The number of anilines is 2. The van der Waals surface area contributed by atoms with Crippen LogP contribution in [0.2, 0.25) is 0 Å². The number of benzene rings is 2. The second-order valence-corrected chi connectivity index (χ2v) is 6.55. The van der Waals surface area contributed by atoms with Crippen LogP contribution >= 0.6 is 0 Å². The van der Waals surface area contributed by atoms with E-state index in [0.29, 0.717) is 24.3 Å². The standard InChI is InChI=1S/C22H25N3O3/c1-14-10-21(25-18-13-20(28-4)19(27-3)12-17(14)18)24-16-7-5-6-15(11-16)8-9-22(26)23-2/h5-7,10-13H,8-9H2,1-4H3,(H,23,26)(H,24,25). The number of aromatic nitrogens is 1. The van der Waals surface area contributed by atoms with Gasteiger partial charge in [-0.05, 0) is 48.7 Å². The molecule has 1 aromatic heterocycles. The predicted molar refractivity (Wildman–Crippen MR) is 112 cm³/mol. The fraction of sp³-hybridized carbons (Fsp3) is 0.273. The Morgan fingerprint density at radius 2 is 1.82 bits per heavy atom. The van der Waals surface area contributed by atoms with Gasteiger partial charge in [0.05, 0.1) is 19.7 Å². The first-order valence-electron chi connectivity index (χ1n) is 9.14. The van der Waals surface area contributed by atoms with Gasteiger partial charge >= 0.3 is 0 Å². The first kappa shape index (κ1) is 19.5. The van der Waals surface area contributed by atoms with Crippen LogP contribution in [0.5, 0.6) is 11.5 Å². The van der Waals surface area contributed by atoms with Crippen molar-refractivity contribution in [2.45, 2.75) is 19.8 Å². The molecule has 0 saturated heterocycles. The lowest BCUT2D eigenvalue weighted by Crippen LogP contribution is -2.17. The Bertz CT molecular complexity index is 1000. The molecule has 0 bridgehead atoms. The van der Waals surface area contributed by atoms with E-state index < -0.39 is 0 Å². The summed E-state index contributed by atoms with van der Waals surface area (Å²) in [6.45, 7) is 2.04. The van der Waals surface area contributed by atoms with Gasteiger partial charge in [0.1, 0.15) is 5.82 Å². The van der Waals surface area contributed by atoms with Crippen LogP contribution in [0.1, 0.15) is 17.5 Å². The van der Waals surface area contributed by atoms with Crippen molar-refractivity contribution in [3.8, 4) is 11.5 Å². The number of ether oxygens (including phenoxy) is 2. The van der Waals surface area contributed by atoms with Crippen molar-refractivity contribution in [2.75, 3.05) is 26.6 Å². The van der Waals surface area contributed by atoms with Crippen molar-refractivity contribution in [1.82, 2.24) is 10.3 Å². The quantitative estimate of drug-likeness (QED) is 0.650. The molecule has 146 valence electrons. The van der Waals surface area contributed by atoms with Gasteiger partial charge in [-0.15, -0.1) is 0 Å². The maximum Gasteiger partial charge on any atom is 0.220 e. The molecule has 3 rings (SSSR count). The monoisotopic (exact) mass is 379 g/mol. The summed E-state index contributed by atoms with van der Waals surface area (Å²) in [6.07, 6.45) is 1.16. The number of fused-ring (bicyclic) bond motifs is 1. The van der Waals surface area contributed by atoms with E-state index in [9.17, 15) is 4.79 Å². The van der Waals surface area contributed by atoms with Crippen molar-refractivity contribution < 1.29 is 14.3 Å². The van der Waals surface area contributed by atoms with Gasteiger partial charge in [0.2, 0.25) is 5.91 Å². The maximum absolute atomic E-state index is 11.5. The van der Waals surface area contributed by atoms with Gasteiger partial charge in [0, 0.05) is 30.6 Å². The van der Waals surface area contributed by atoms with Crippen molar-refractivity contribution >= 4 is 28.3 Å². The highest BCUT2D eigenvalue weighted by Gasteiger charge is 2.10. The van der Waals surface area contributed by atoms with Crippen LogP contribution in [0.25, 0.3) is 10.9 Å². The molecular weight excluding hydrogens is 354 g/mol. The fourth-order valence-corrected chi connectivity index (χ4v) is 3.12. The second-order valence-electron chi connectivity index (χ2n) is 6.55. The molecule has 0 spiro atoms. The van der Waals surface area contributed by atoms with Crippen LogP contribution in [0.4, 0.5) is 11.5 Å². The summed E-state index contributed by atoms with van der Waals surface area (Å²) < 4.78 is 10.8. The van der Waals surface area contributed by atoms with E-state index >= 15 is 0 Å². The molecule has 6 heteroatoms. The van der Waals surface area contributed by atoms with Crippen molar-refractivity contribution in [3.05, 3.63) is 53.6 Å². The zero-order valence-corrected chi connectivity index (χ0v) is 16.6. The Kier molecular flexibility index (Phi) is 5.99. The number of amides is 1. The lowest BCUT2D eigenvalue weighted by molar-refractivity contribution is -0.120. The summed E-state index contributed by atoms with van der Waals surface area (Å²) in [5.74, 6) is 2.12. The largest absolute Gasteiger partial charge is 0.493 e. The number of aryl methyl sites for hydroxylation is 2. The van der Waals surface area contributed by atoms with Gasteiger partial charge in [-0.1, -0.05) is 12.1 Å². The summed E-state index contributed by atoms with van der Waals surface area (Å²) >= 11 is 0. The molecule has 0 unspecified atom stereocenters. The maximum atomic E-state index is 11.5. The predicted octanol–water partition coefficient (Wildman–Crippen LogP) is 3.98. The topological polar surface area (TPSA) is 72.5 Å². The number of carbonyl (C=O) groups is 1. The number of pyridine rings is 1. The van der Waals surface area contributed by atoms with Crippen molar-refractivity contribution in [3.63, 3.8) is 0 Å². The first-order chi connectivity index (χ1) is 13.5. The molecule has 0 aliphatic carbocycles. The lowest BCUT2D eigenvalue weighted by Gasteiger charge is -2.13. The van der Waals surface area contributed by atoms with Crippen LogP contribution in [-0.4, -0.2) is 32.2 Å². The van der Waals surface area contributed by atoms with E-state index in [0.717, 1.165) is 33.5 Å². The molecule has 0 saturated carbocycles. The highest BCUT2D eigenvalue weighted by atomic mass is 16.5. The van der Waals surface area contributed by atoms with Gasteiger partial charge in [-0.25, -0.2) is 4.98 Å². The zero-order chi connectivity index (χ0) is 20.1. The van der Waals surface area contributed by atoms with E-state index in [2.05, 4.69) is 10.6 Å². The zero-order valence-electron chi connectivity index (χ0n) is 16.6. The Balaban J connectivity index is 1.87. The third kappa shape index (κ3) is 4.34. The summed E-state index contributed by atoms with van der Waals surface area (Å²) in [5.41, 5.74) is 3.94. The third-order valence-electron chi connectivity index (χ3n) is 4.64. The van der Waals surface area contributed by atoms with Crippen LogP contribution in [0, 0.1) is 6.92 Å². The average Bonchev–Trinajstić information content (AvgIpc) is 2.71. The minimum absolute atomic E-state index is 0.0366. The lowest BCUT2D eigenvalue weighted by atomic mass is 10.1. The SMILES string of the molecule is CNC(=O)CCc1cccc(Nc2cc(C)c3cc(OC)c(OC)cc3n2)c1. The highest BCUT2D eigenvalue weighted by molar-refractivity contribution is 5.87. The van der Waals surface area contributed by atoms with E-state index in [-0.39, 0.29) is 5.91 Å². The molecule has 1 heterocycles. The first-order valence-corrected chi connectivity index (χ1v) is 9.14. The van der Waals surface area contributed by atoms with Crippen LogP contribution in [0.15, 0.2) is 42.5 Å². The Hall–Kier alpha value is -3.28. The normalized spacial score (nSPS) is 10.6. The van der Waals surface area contributed by atoms with E-state index in [1.165, 1.54) is 0 Å². The van der Waals surface area contributed by atoms with Gasteiger partial charge in [-0.2, -0.15) is 0 Å². The third-order valence-corrected chi connectivity index (χ3v) is 4.64. The number of rotatable bonds is 7. The number of carbonyl (C=O) groups excluding carboxylic acids is 1. The number of methoxy groups -OCH3 is 2. The second kappa shape index (κ2) is 8.61. The summed E-state index contributed by atoms with van der Waals surface area (Å²) in [4.78, 5) is 16.2. The van der Waals surface area contributed by atoms with Gasteiger partial charge in [0.25, 0.3) is 0 Å². The van der Waals surface area contributed by atoms with Crippen molar-refractivity contribution in [2.24, 2.45) is 0 Å². The van der Waals surface area contributed by atoms with Gasteiger partial charge in [-0.3, -0.25) is 4.79 Å². The number of nitrogens with one attached hydrogen (secondary N) is 2. The Labute approximate surface area is 164 Å². The molecule has 0 aliphatic heterocycles. The van der Waals surface area contributed by atoms with Gasteiger partial charge < -0.3 is 20.1 Å². The molecule has 0 atom stereocenters. The molecule has 0 radical (unpaired) electrons. The van der Waals surface area contributed by atoms with E-state index in [4.69, 9.17) is 14.5 Å². The highest BCUT2D eigenvalue weighted by Crippen LogP contribution is 2.34. The van der Waals surface area contributed by atoms with Crippen LogP contribution in [0.3, 0.4) is 0 Å². The van der Waals surface area contributed by atoms with Crippen LogP contribution in [-0.2, 0) is 11.2 Å². The summed E-state index contributed by atoms with van der Waals surface area (Å²) in [5, 5.41) is 7.02. The van der Waals surface area contributed by atoms with E-state index in [1.54, 1.807) is 21.3 Å². The minimum atomic E-state index is 0.0366. The molecule has 6 nitrogen and oxygen atoms in total. The number of hydrogen-bond acceptors (Lipinski definition) is 5. The Morgan fingerprint density at radius 1 is 1.07 bits per heavy atom. The smallest absolute Gasteiger partial charge is 0.220 e. The molecule has 2 N–H and O–H groups in total. The molecular formula is C22H25N3O3. The minimum Gasteiger partial charge on any atom is -0.493 e. The Morgan fingerprint density at radius 3 is 2.54 bits per heavy atom. The molecule has 0 aliphatic rings. The van der Waals surface area contributed by atoms with E-state index in [1.807, 2.05) is 49.4 Å². The van der Waals surface area contributed by atoms with Crippen LogP contribution < -0.4 is 20.1 Å². The molecule has 3 aromatic rings. The molecule has 28 heavy (non-hydrogen) atoms. The number of nitrogens with zero attached hydrogens (tertiary/aromatic N) is 1. The summed E-state index contributed by atoms with van der Waals surface area (Å²) in [7, 11) is 4.89. The average molecular weight is 379 g/mol.